The number of carboxylic acid groups (broad SMARTS) is 4. The number of Topliss-reactive ketones (excluding diaryl/α,β-unsaturated/α-hetero) is 1. The van der Waals surface area contributed by atoms with Crippen LogP contribution in [-0.2, 0) is 113 Å². The fourth-order valence-electron chi connectivity index (χ4n) is 11.9. The molecule has 0 aromatic heterocycles. The molecule has 2 aliphatic heterocycles. The van der Waals surface area contributed by atoms with E-state index in [9.17, 15) is 87.9 Å². The number of aliphatic imine (C=N–C) groups is 1. The number of ketones is 1. The number of aromatic hydroxyl groups is 1. The van der Waals surface area contributed by atoms with Crippen molar-refractivity contribution in [2.24, 2.45) is 10.7 Å². The van der Waals surface area contributed by atoms with Crippen LogP contribution in [0.2, 0.25) is 0 Å². The Morgan fingerprint density at radius 2 is 1.05 bits per heavy atom. The van der Waals surface area contributed by atoms with Gasteiger partial charge in [0, 0.05) is 89.9 Å². The number of hydrogen-bond donors (Lipinski definition) is 16. The third kappa shape index (κ3) is 47.0. The van der Waals surface area contributed by atoms with E-state index < -0.39 is 108 Å². The third-order valence-electron chi connectivity index (χ3n) is 17.8. The molecular weight excluding hydrogens is 1570 g/mol. The number of amidine groups is 1. The van der Waals surface area contributed by atoms with Gasteiger partial charge in [-0.3, -0.25) is 82.0 Å². The van der Waals surface area contributed by atoms with Gasteiger partial charge in [-0.2, -0.15) is 0 Å². The fourth-order valence-corrected chi connectivity index (χ4v) is 12.2. The molecule has 42 heteroatoms. The van der Waals surface area contributed by atoms with E-state index in [0.29, 0.717) is 100 Å². The van der Waals surface area contributed by atoms with Crippen molar-refractivity contribution in [3.8, 4) is 5.75 Å². The Morgan fingerprint density at radius 3 is 1.64 bits per heavy atom. The molecule has 17 N–H and O–H groups in total. The first-order valence-electron chi connectivity index (χ1n) is 39.4. The molecular formula is C76H119N15O26S. The number of nitrogens with zero attached hydrogens (tertiary/aromatic N) is 4. The van der Waals surface area contributed by atoms with Crippen LogP contribution < -0.4 is 58.9 Å². The lowest BCUT2D eigenvalue weighted by Crippen LogP contribution is -2.58. The van der Waals surface area contributed by atoms with Crippen LogP contribution in [0.5, 0.6) is 5.75 Å². The zero-order chi connectivity index (χ0) is 86.2. The van der Waals surface area contributed by atoms with E-state index >= 15 is 0 Å². The van der Waals surface area contributed by atoms with Crippen LogP contribution >= 0.6 is 12.2 Å². The summed E-state index contributed by atoms with van der Waals surface area (Å²) in [6.45, 7) is 7.13. The van der Waals surface area contributed by atoms with Crippen LogP contribution in [0, 0.1) is 0 Å². The van der Waals surface area contributed by atoms with Gasteiger partial charge in [0.15, 0.2) is 10.9 Å². The number of amides is 8. The molecule has 41 nitrogen and oxygen atoms in total. The number of aliphatic carboxylic acids is 4. The van der Waals surface area contributed by atoms with Crippen molar-refractivity contribution in [3.05, 3.63) is 59.7 Å². The number of carbonyl (C=O) groups is 13. The minimum Gasteiger partial charge on any atom is -0.508 e. The number of nitrogens with one attached hydrogen (secondary N) is 10. The number of anilines is 1. The Kier molecular flexibility index (Phi) is 51.0. The van der Waals surface area contributed by atoms with E-state index in [1.807, 2.05) is 24.3 Å². The van der Waals surface area contributed by atoms with Gasteiger partial charge in [-0.25, -0.2) is 0 Å². The molecule has 6 atom stereocenters. The zero-order valence-electron chi connectivity index (χ0n) is 67.2. The van der Waals surface area contributed by atoms with Crippen molar-refractivity contribution in [3.63, 3.8) is 0 Å². The van der Waals surface area contributed by atoms with Gasteiger partial charge in [0.1, 0.15) is 49.2 Å². The molecule has 0 saturated carbocycles. The highest BCUT2D eigenvalue weighted by Gasteiger charge is 2.35. The molecule has 0 aliphatic carbocycles. The number of phenolic OH excluding ortho intramolecular Hbond substituents is 1. The zero-order valence-corrected chi connectivity index (χ0v) is 68.0. The van der Waals surface area contributed by atoms with Gasteiger partial charge >= 0.3 is 23.9 Å². The Morgan fingerprint density at radius 1 is 0.542 bits per heavy atom. The molecule has 2 fully saturated rings. The first-order chi connectivity index (χ1) is 56.7. The molecule has 0 radical (unpaired) electrons. The molecule has 2 aliphatic rings. The maximum atomic E-state index is 14.1. The van der Waals surface area contributed by atoms with Gasteiger partial charge in [-0.05, 0) is 100.0 Å². The number of carboxylic acids is 4. The molecule has 8 amide bonds. The van der Waals surface area contributed by atoms with E-state index in [4.69, 9.17) is 55.8 Å². The van der Waals surface area contributed by atoms with E-state index in [1.54, 1.807) is 28.5 Å². The lowest BCUT2D eigenvalue weighted by atomic mass is 10.0. The van der Waals surface area contributed by atoms with Crippen LogP contribution in [0.15, 0.2) is 53.5 Å². The minimum absolute atomic E-state index is 0.0276. The second-order valence-electron chi connectivity index (χ2n) is 27.6. The van der Waals surface area contributed by atoms with Gasteiger partial charge in [0.05, 0.1) is 131 Å². The number of phenols is 1. The second-order valence-corrected chi connectivity index (χ2v) is 28.0. The second kappa shape index (κ2) is 59.9. The molecule has 2 heterocycles. The summed E-state index contributed by atoms with van der Waals surface area (Å²) in [6, 6.07) is 6.22. The molecule has 4 rings (SSSR count). The van der Waals surface area contributed by atoms with Crippen molar-refractivity contribution < 1.29 is 126 Å². The summed E-state index contributed by atoms with van der Waals surface area (Å²) in [5.74, 6) is -10.2. The number of nitrogens with two attached hydrogens (primary N) is 1. The van der Waals surface area contributed by atoms with Crippen molar-refractivity contribution in [1.29, 1.82) is 0 Å². The third-order valence-corrected chi connectivity index (χ3v) is 18.1. The molecule has 2 saturated heterocycles. The highest BCUT2D eigenvalue weighted by molar-refractivity contribution is 7.80. The van der Waals surface area contributed by atoms with Crippen molar-refractivity contribution >= 4 is 106 Å². The predicted molar refractivity (Wildman–Crippen MR) is 429 cm³/mol. The molecule has 2 unspecified atom stereocenters. The number of thiocarbonyl (C=S) groups is 1. The van der Waals surface area contributed by atoms with Gasteiger partial charge in [-0.15, -0.1) is 0 Å². The average Bonchev–Trinajstić information content (AvgIpc) is 1.45. The van der Waals surface area contributed by atoms with Gasteiger partial charge < -0.3 is 122 Å². The highest BCUT2D eigenvalue weighted by Crippen LogP contribution is 2.18. The monoisotopic (exact) mass is 1690 g/mol. The number of carbonyl (C=O) groups excluding carboxylic acids is 9. The Labute approximate surface area is 690 Å². The Hall–Kier alpha value is -9.73. The maximum absolute atomic E-state index is 14.1. The van der Waals surface area contributed by atoms with Gasteiger partial charge in [-0.1, -0.05) is 37.1 Å². The number of rotatable bonds is 57. The molecule has 0 spiro atoms. The normalized spacial score (nSPS) is 17.9. The average molecular weight is 1690 g/mol. The lowest BCUT2D eigenvalue weighted by molar-refractivity contribution is -0.141. The molecule has 2 aromatic rings. The molecule has 2 aromatic carbocycles. The quantitative estimate of drug-likeness (QED) is 0.0135. The number of benzene rings is 2. The Balaban J connectivity index is 1.00. The van der Waals surface area contributed by atoms with Crippen LogP contribution in [0.1, 0.15) is 89.2 Å². The van der Waals surface area contributed by atoms with Crippen LogP contribution in [-0.4, -0.2) is 355 Å². The SMILES string of the molecule is CCNC(=O)C(CCC(=O)NCCOCCOCCOCCOCC(=O)CCCCC[C@@H]1NC(=O)[C@@H](Cc2ccc(O)cc2)NC(=O)[C@H](CC(=O)O)NC(=O)CNC(=O)[C@H](CCCN=C(C)N)NC1=O)NC(=O)COCCOCCOCCOCCNC(=S)Nc1ccc(CC2CN(CC(=O)O)CCN(CC(=O)O)CCN2CC(=O)O)cc1. The topological polar surface area (TPSA) is 565 Å². The summed E-state index contributed by atoms with van der Waals surface area (Å²) in [6.07, 6.45) is 0.995. The molecule has 660 valence electrons. The van der Waals surface area contributed by atoms with Crippen LogP contribution in [0.25, 0.3) is 0 Å². The number of ether oxygens (including phenoxy) is 8. The summed E-state index contributed by atoms with van der Waals surface area (Å²) < 4.78 is 44.2. The Bertz CT molecular complexity index is 3480. The molecule has 0 bridgehead atoms. The summed E-state index contributed by atoms with van der Waals surface area (Å²) in [7, 11) is 0. The van der Waals surface area contributed by atoms with Crippen molar-refractivity contribution in [1.82, 2.24) is 62.6 Å². The largest absolute Gasteiger partial charge is 0.508 e. The van der Waals surface area contributed by atoms with E-state index in [2.05, 4.69) is 58.2 Å². The smallest absolute Gasteiger partial charge is 0.317 e. The number of unbranched alkanes of at least 4 members (excludes halogenated alkanes) is 2. The maximum Gasteiger partial charge on any atom is 0.317 e. The first-order valence-corrected chi connectivity index (χ1v) is 39.8. The summed E-state index contributed by atoms with van der Waals surface area (Å²) in [5, 5.41) is 75.2. The van der Waals surface area contributed by atoms with Gasteiger partial charge in [0.2, 0.25) is 47.3 Å². The molecule has 118 heavy (non-hydrogen) atoms. The summed E-state index contributed by atoms with van der Waals surface area (Å²) >= 11 is 5.45. The highest BCUT2D eigenvalue weighted by atomic mass is 32.1. The standard InChI is InChI=1S/C76H119N15O26S/c1-3-78-71(105)61(84-66(96)51-117-41-39-115-37-35-113-33-31-111-29-23-81-76(118)83-55-15-11-53(12-16-55)42-56-46-90(48-69(101)102)25-24-89(47-68(99)100)26-27-91(56)49-70(103)104)19-20-64(94)80-22-28-110-30-32-112-34-36-114-38-40-116-50-58(93)8-5-4-6-9-60-73(107)86-59(10-7-21-79-52(2)77)72(106)82-45-65(95)85-63(44-67(97)98)75(109)88-62(74(108)87-60)43-54-13-17-57(92)18-14-54/h11-18,56,59-63,92H,3-10,19-51H2,1-2H3,(H2,77,79)(H,78,105)(H,80,94)(H,82,106)(H,84,96)(H,85,95)(H,86,107)(H,87,108)(H,88,109)(H,97,98)(H,99,100)(H,101,102)(H,103,104)(H2,81,83,118)/t56?,59-,60-,61?,62+,63-/m0/s1. The predicted octanol–water partition coefficient (Wildman–Crippen LogP) is -3.12. The van der Waals surface area contributed by atoms with E-state index in [1.165, 1.54) is 24.3 Å². The lowest BCUT2D eigenvalue weighted by Gasteiger charge is -2.33. The van der Waals surface area contributed by atoms with Crippen LogP contribution in [0.4, 0.5) is 5.69 Å². The fraction of sp³-hybridized carbons (Fsp3) is 0.645. The van der Waals surface area contributed by atoms with Gasteiger partial charge in [0.25, 0.3) is 0 Å². The van der Waals surface area contributed by atoms with Crippen LogP contribution in [0.3, 0.4) is 0 Å². The van der Waals surface area contributed by atoms with Crippen molar-refractivity contribution in [2.75, 3.05) is 196 Å². The summed E-state index contributed by atoms with van der Waals surface area (Å²) in [5.41, 5.74) is 7.73. The first kappa shape index (κ1) is 101. The van der Waals surface area contributed by atoms with Crippen molar-refractivity contribution in [2.45, 2.75) is 127 Å². The van der Waals surface area contributed by atoms with E-state index in [0.717, 1.165) is 5.56 Å². The number of likely N-dealkylation sites (N-methyl/N-ethyl adjacent to an activating group) is 1. The summed E-state index contributed by atoms with van der Waals surface area (Å²) in [4.78, 5) is 175. The van der Waals surface area contributed by atoms with E-state index in [-0.39, 0.29) is 200 Å². The number of hydrogen-bond acceptors (Lipinski definition) is 27. The minimum atomic E-state index is -1.66.